The first-order valence-corrected chi connectivity index (χ1v) is 12.3. The summed E-state index contributed by atoms with van der Waals surface area (Å²) in [5, 5.41) is 0.793. The molecule has 0 amide bonds. The van der Waals surface area contributed by atoms with Crippen LogP contribution in [0.5, 0.6) is 0 Å². The first kappa shape index (κ1) is 22.7. The van der Waals surface area contributed by atoms with Gasteiger partial charge in [0.25, 0.3) is 0 Å². The highest BCUT2D eigenvalue weighted by atomic mass is 35.5. The van der Waals surface area contributed by atoms with Crippen molar-refractivity contribution in [2.45, 2.75) is 31.3 Å². The number of halogens is 1. The monoisotopic (exact) mass is 463 g/mol. The van der Waals surface area contributed by atoms with Crippen LogP contribution >= 0.6 is 23.2 Å². The highest BCUT2D eigenvalue weighted by molar-refractivity contribution is 8.74. The van der Waals surface area contributed by atoms with Gasteiger partial charge < -0.3 is 4.74 Å². The number of carbonyl (C=O) groups is 2. The summed E-state index contributed by atoms with van der Waals surface area (Å²) < 4.78 is 6.98. The number of Topliss-reactive ketones (excluding diaryl/α,β-unsaturated/α-hetero) is 1. The second-order valence-corrected chi connectivity index (χ2v) is 11.9. The van der Waals surface area contributed by atoms with Gasteiger partial charge in [-0.25, -0.2) is 4.79 Å². The van der Waals surface area contributed by atoms with E-state index in [0.29, 0.717) is 11.1 Å². The Morgan fingerprint density at radius 3 is 2.67 bits per heavy atom. The first-order chi connectivity index (χ1) is 13.8. The maximum absolute atomic E-state index is 13.4. The third-order valence-electron chi connectivity index (χ3n) is 4.60. The van der Waals surface area contributed by atoms with Gasteiger partial charge in [0.1, 0.15) is 11.4 Å². The molecular weight excluding hydrogens is 440 g/mol. The molecule has 4 rings (SSSR count). The molecule has 2 aromatic heterocycles. The Morgan fingerprint density at radius 2 is 1.97 bits per heavy atom. The summed E-state index contributed by atoms with van der Waals surface area (Å²) in [5.41, 5.74) is 0.683. The zero-order chi connectivity index (χ0) is 20.6. The van der Waals surface area contributed by atoms with Crippen molar-refractivity contribution in [1.82, 2.24) is 9.55 Å². The van der Waals surface area contributed by atoms with Crippen LogP contribution in [0.2, 0.25) is 0 Å². The largest absolute Gasteiger partial charge is 0.443 e. The van der Waals surface area contributed by atoms with E-state index in [1.165, 1.54) is 9.46 Å². The number of rotatable bonds is 3. The molecule has 0 radical (unpaired) electrons. The zero-order valence-corrected chi connectivity index (χ0v) is 19.5. The minimum Gasteiger partial charge on any atom is -0.443 e. The van der Waals surface area contributed by atoms with Crippen molar-refractivity contribution in [3.63, 3.8) is 0 Å². The van der Waals surface area contributed by atoms with Gasteiger partial charge in [-0.1, -0.05) is 18.2 Å². The average Bonchev–Trinajstić information content (AvgIpc) is 3.32. The van der Waals surface area contributed by atoms with E-state index in [1.54, 1.807) is 12.4 Å². The van der Waals surface area contributed by atoms with Gasteiger partial charge in [-0.15, -0.1) is 12.4 Å². The van der Waals surface area contributed by atoms with Crippen LogP contribution in [-0.4, -0.2) is 38.5 Å². The number of nitrogens with zero attached hydrogens (tertiary/aromatic N) is 2. The molecule has 2 unspecified atom stereocenters. The number of hydrogen-bond acceptors (Lipinski definition) is 5. The van der Waals surface area contributed by atoms with Crippen LogP contribution in [0, 0.1) is 5.92 Å². The lowest BCUT2D eigenvalue weighted by Gasteiger charge is -2.19. The van der Waals surface area contributed by atoms with E-state index in [2.05, 4.69) is 11.1 Å². The first-order valence-electron chi connectivity index (χ1n) is 9.45. The molecule has 0 N–H and O–H groups in total. The standard InChI is InChI=1S/C22H23N2O3S2.ClH/c1-22(2,3)27-21(26)24-12-18(17-8-4-5-9-19(17)24)20(25)15-13-28-29(14-15)16-7-6-10-23-11-16;/h4-12,15H,13-14H2,1-3H3;1H/q+1;. The molecule has 5 nitrogen and oxygen atoms in total. The van der Waals surface area contributed by atoms with Gasteiger partial charge in [0.15, 0.2) is 10.7 Å². The van der Waals surface area contributed by atoms with Crippen molar-refractivity contribution < 1.29 is 14.3 Å². The predicted octanol–water partition coefficient (Wildman–Crippen LogP) is 5.38. The molecule has 0 aliphatic carbocycles. The van der Waals surface area contributed by atoms with Gasteiger partial charge in [0.2, 0.25) is 0 Å². The summed E-state index contributed by atoms with van der Waals surface area (Å²) in [7, 11) is 1.79. The van der Waals surface area contributed by atoms with Crippen molar-refractivity contribution in [1.29, 1.82) is 0 Å². The summed E-state index contributed by atoms with van der Waals surface area (Å²) in [6, 6.07) is 11.5. The van der Waals surface area contributed by atoms with E-state index in [-0.39, 0.29) is 34.0 Å². The molecule has 1 aliphatic heterocycles. The number of pyridine rings is 1. The quantitative estimate of drug-likeness (QED) is 0.296. The molecule has 30 heavy (non-hydrogen) atoms. The van der Waals surface area contributed by atoms with E-state index in [4.69, 9.17) is 4.74 Å². The van der Waals surface area contributed by atoms with Crippen LogP contribution in [-0.2, 0) is 14.7 Å². The van der Waals surface area contributed by atoms with Crippen molar-refractivity contribution in [3.8, 4) is 0 Å². The molecular formula is C22H24ClN2O3S2+. The van der Waals surface area contributed by atoms with Crippen LogP contribution in [0.1, 0.15) is 31.1 Å². The lowest BCUT2D eigenvalue weighted by Crippen LogP contribution is -2.26. The number of ether oxygens (including phenoxy) is 1. The molecule has 0 spiro atoms. The molecule has 0 saturated carbocycles. The maximum atomic E-state index is 13.4. The minimum absolute atomic E-state index is 0. The molecule has 1 saturated heterocycles. The third-order valence-corrected chi connectivity index (χ3v) is 9.14. The highest BCUT2D eigenvalue weighted by Gasteiger charge is 2.42. The van der Waals surface area contributed by atoms with Gasteiger partial charge in [-0.3, -0.25) is 14.3 Å². The Hall–Kier alpha value is -1.96. The van der Waals surface area contributed by atoms with Crippen LogP contribution in [0.4, 0.5) is 4.79 Å². The summed E-state index contributed by atoms with van der Waals surface area (Å²) in [6.45, 7) is 5.49. The number of para-hydroxylation sites is 1. The lowest BCUT2D eigenvalue weighted by atomic mass is 10.0. The molecule has 1 fully saturated rings. The maximum Gasteiger partial charge on any atom is 0.419 e. The third kappa shape index (κ3) is 4.68. The van der Waals surface area contributed by atoms with E-state index < -0.39 is 11.7 Å². The zero-order valence-electron chi connectivity index (χ0n) is 17.0. The highest BCUT2D eigenvalue weighted by Crippen LogP contribution is 2.38. The van der Waals surface area contributed by atoms with Crippen molar-refractivity contribution in [2.75, 3.05) is 11.5 Å². The molecule has 0 bridgehead atoms. The van der Waals surface area contributed by atoms with Gasteiger partial charge in [-0.05, 0) is 39.0 Å². The normalized spacial score (nSPS) is 18.8. The average molecular weight is 464 g/mol. The molecule has 158 valence electrons. The Bertz CT molecular complexity index is 1060. The number of benzene rings is 1. The molecule has 1 aliphatic rings. The van der Waals surface area contributed by atoms with Crippen molar-refractivity contribution in [3.05, 3.63) is 60.6 Å². The van der Waals surface area contributed by atoms with Crippen LogP contribution in [0.15, 0.2) is 59.9 Å². The van der Waals surface area contributed by atoms with Gasteiger partial charge in [-0.2, -0.15) is 0 Å². The molecule has 2 atom stereocenters. The van der Waals surface area contributed by atoms with E-state index in [1.807, 2.05) is 68.1 Å². The van der Waals surface area contributed by atoms with E-state index >= 15 is 0 Å². The Labute approximate surface area is 188 Å². The number of carbonyl (C=O) groups excluding carboxylic acids is 2. The molecule has 3 aromatic rings. The molecule has 1 aromatic carbocycles. The molecule has 8 heteroatoms. The van der Waals surface area contributed by atoms with Crippen molar-refractivity contribution >= 4 is 55.9 Å². The van der Waals surface area contributed by atoms with Crippen molar-refractivity contribution in [2.24, 2.45) is 5.92 Å². The minimum atomic E-state index is -0.604. The van der Waals surface area contributed by atoms with Crippen LogP contribution in [0.3, 0.4) is 0 Å². The number of hydrogen-bond donors (Lipinski definition) is 0. The smallest absolute Gasteiger partial charge is 0.419 e. The van der Waals surface area contributed by atoms with Gasteiger partial charge >= 0.3 is 6.09 Å². The fraction of sp³-hybridized carbons (Fsp3) is 0.318. The fourth-order valence-electron chi connectivity index (χ4n) is 3.30. The summed E-state index contributed by atoms with van der Waals surface area (Å²) in [5.74, 6) is 1.61. The lowest BCUT2D eigenvalue weighted by molar-refractivity contribution is 0.0544. The Kier molecular flexibility index (Phi) is 6.84. The van der Waals surface area contributed by atoms with Gasteiger partial charge in [0, 0.05) is 23.3 Å². The predicted molar refractivity (Wildman–Crippen MR) is 126 cm³/mol. The second kappa shape index (κ2) is 9.04. The summed E-state index contributed by atoms with van der Waals surface area (Å²) in [6.07, 6.45) is 4.83. The number of ketones is 1. The molecule has 3 heterocycles. The SMILES string of the molecule is CC(C)(C)OC(=O)n1cc(C(=O)C2CS[S+](c3cccnc3)C2)c2ccccc21.Cl. The van der Waals surface area contributed by atoms with Crippen LogP contribution < -0.4 is 0 Å². The van der Waals surface area contributed by atoms with Crippen LogP contribution in [0.25, 0.3) is 10.9 Å². The fourth-order valence-corrected chi connectivity index (χ4v) is 7.98. The second-order valence-electron chi connectivity index (χ2n) is 7.96. The van der Waals surface area contributed by atoms with E-state index in [9.17, 15) is 9.59 Å². The number of fused-ring (bicyclic) bond motifs is 1. The summed E-state index contributed by atoms with van der Waals surface area (Å²) >= 11 is 0. The Morgan fingerprint density at radius 1 is 1.20 bits per heavy atom. The topological polar surface area (TPSA) is 61.2 Å². The van der Waals surface area contributed by atoms with Gasteiger partial charge in [0.05, 0.1) is 44.1 Å². The van der Waals surface area contributed by atoms with E-state index in [0.717, 1.165) is 16.9 Å². The Balaban J connectivity index is 0.00000256. The summed E-state index contributed by atoms with van der Waals surface area (Å²) in [4.78, 5) is 31.4. The number of aromatic nitrogens is 2.